The predicted molar refractivity (Wildman–Crippen MR) is 121 cm³/mol. The number of carbonyl (C=O) groups is 1. The lowest BCUT2D eigenvalue weighted by molar-refractivity contribution is -0.126. The van der Waals surface area contributed by atoms with Crippen LogP contribution in [0.2, 0.25) is 0 Å². The molecular weight excluding hydrogens is 394 g/mol. The Morgan fingerprint density at radius 3 is 2.23 bits per heavy atom. The first-order valence-electron chi connectivity index (χ1n) is 10.5. The molecule has 2 aliphatic rings. The van der Waals surface area contributed by atoms with E-state index in [0.717, 1.165) is 49.0 Å². The monoisotopic (exact) mass is 423 g/mol. The highest BCUT2D eigenvalue weighted by Gasteiger charge is 2.39. The molecule has 0 spiro atoms. The number of carbonyl (C=O) groups excluding carboxylic acids is 1. The average Bonchev–Trinajstić information content (AvgIpc) is 2.81. The number of anilines is 2. The van der Waals surface area contributed by atoms with Crippen molar-refractivity contribution in [2.75, 3.05) is 50.4 Å². The van der Waals surface area contributed by atoms with Crippen LogP contribution < -0.4 is 19.4 Å². The molecule has 0 atom stereocenters. The van der Waals surface area contributed by atoms with Crippen LogP contribution in [0.1, 0.15) is 25.8 Å². The first kappa shape index (κ1) is 21.2. The van der Waals surface area contributed by atoms with Crippen molar-refractivity contribution < 1.29 is 19.0 Å². The van der Waals surface area contributed by atoms with Crippen molar-refractivity contribution in [3.8, 4) is 11.5 Å². The van der Waals surface area contributed by atoms with Gasteiger partial charge >= 0.3 is 0 Å². The van der Waals surface area contributed by atoms with Crippen molar-refractivity contribution in [2.24, 2.45) is 10.5 Å². The molecule has 0 saturated carbocycles. The number of ether oxygens (including phenoxy) is 3. The minimum absolute atomic E-state index is 0.0177. The van der Waals surface area contributed by atoms with E-state index in [2.05, 4.69) is 4.90 Å². The van der Waals surface area contributed by atoms with Gasteiger partial charge in [-0.2, -0.15) is 5.10 Å². The molecule has 0 bridgehead atoms. The number of morpholine rings is 1. The molecule has 0 aromatic heterocycles. The van der Waals surface area contributed by atoms with Crippen molar-refractivity contribution in [2.45, 2.75) is 20.3 Å². The quantitative estimate of drug-likeness (QED) is 0.734. The van der Waals surface area contributed by atoms with E-state index >= 15 is 0 Å². The number of amides is 1. The van der Waals surface area contributed by atoms with E-state index < -0.39 is 5.41 Å². The fourth-order valence-electron chi connectivity index (χ4n) is 3.96. The van der Waals surface area contributed by atoms with Gasteiger partial charge in [0.25, 0.3) is 5.91 Å². The van der Waals surface area contributed by atoms with Gasteiger partial charge in [0.05, 0.1) is 44.2 Å². The van der Waals surface area contributed by atoms with E-state index in [-0.39, 0.29) is 5.91 Å². The van der Waals surface area contributed by atoms with Gasteiger partial charge in [0.1, 0.15) is 0 Å². The van der Waals surface area contributed by atoms with Crippen molar-refractivity contribution >= 4 is 23.0 Å². The molecule has 31 heavy (non-hydrogen) atoms. The standard InChI is InChI=1S/C24H29N3O4/c1-24(2)16-20(17-5-10-21(29-3)22(15-17)30-4)25-27(23(24)28)19-8-6-18(7-9-19)26-11-13-31-14-12-26/h5-10,15H,11-14,16H2,1-4H3. The number of hydrogen-bond acceptors (Lipinski definition) is 6. The Morgan fingerprint density at radius 1 is 0.935 bits per heavy atom. The molecule has 0 unspecified atom stereocenters. The summed E-state index contributed by atoms with van der Waals surface area (Å²) in [6.45, 7) is 7.13. The summed E-state index contributed by atoms with van der Waals surface area (Å²) >= 11 is 0. The zero-order valence-corrected chi connectivity index (χ0v) is 18.6. The van der Waals surface area contributed by atoms with Gasteiger partial charge in [-0.3, -0.25) is 4.79 Å². The van der Waals surface area contributed by atoms with Crippen molar-refractivity contribution in [1.29, 1.82) is 0 Å². The summed E-state index contributed by atoms with van der Waals surface area (Å²) in [4.78, 5) is 15.5. The van der Waals surface area contributed by atoms with Crippen LogP contribution >= 0.6 is 0 Å². The van der Waals surface area contributed by atoms with E-state index in [1.54, 1.807) is 14.2 Å². The largest absolute Gasteiger partial charge is 0.493 e. The molecule has 2 aliphatic heterocycles. The zero-order chi connectivity index (χ0) is 22.0. The maximum atomic E-state index is 13.2. The predicted octanol–water partition coefficient (Wildman–Crippen LogP) is 3.71. The molecule has 7 nitrogen and oxygen atoms in total. The van der Waals surface area contributed by atoms with E-state index in [1.165, 1.54) is 5.01 Å². The number of nitrogens with zero attached hydrogens (tertiary/aromatic N) is 3. The molecule has 2 aromatic carbocycles. The highest BCUT2D eigenvalue weighted by molar-refractivity contribution is 6.11. The number of methoxy groups -OCH3 is 2. The number of benzene rings is 2. The molecule has 0 N–H and O–H groups in total. The van der Waals surface area contributed by atoms with Crippen LogP contribution in [-0.4, -0.2) is 52.1 Å². The van der Waals surface area contributed by atoms with Crippen LogP contribution in [0.15, 0.2) is 47.6 Å². The minimum atomic E-state index is -0.576. The Hall–Kier alpha value is -3.06. The van der Waals surface area contributed by atoms with Gasteiger partial charge in [-0.25, -0.2) is 5.01 Å². The summed E-state index contributed by atoms with van der Waals surface area (Å²) in [6, 6.07) is 13.7. The topological polar surface area (TPSA) is 63.6 Å². The van der Waals surface area contributed by atoms with E-state index in [0.29, 0.717) is 17.9 Å². The Morgan fingerprint density at radius 2 is 1.58 bits per heavy atom. The number of hydrogen-bond donors (Lipinski definition) is 0. The molecule has 1 fully saturated rings. The molecule has 4 rings (SSSR count). The molecule has 1 amide bonds. The summed E-state index contributed by atoms with van der Waals surface area (Å²) in [6.07, 6.45) is 0.545. The molecule has 1 saturated heterocycles. The van der Waals surface area contributed by atoms with Crippen molar-refractivity contribution in [3.63, 3.8) is 0 Å². The average molecular weight is 424 g/mol. The molecule has 7 heteroatoms. The lowest BCUT2D eigenvalue weighted by Crippen LogP contribution is -2.44. The smallest absolute Gasteiger partial charge is 0.253 e. The maximum absolute atomic E-state index is 13.2. The second kappa shape index (κ2) is 8.59. The zero-order valence-electron chi connectivity index (χ0n) is 18.6. The molecule has 164 valence electrons. The first-order valence-corrected chi connectivity index (χ1v) is 10.5. The molecule has 2 aromatic rings. The van der Waals surface area contributed by atoms with E-state index in [1.807, 2.05) is 56.3 Å². The second-order valence-electron chi connectivity index (χ2n) is 8.41. The Labute approximate surface area is 183 Å². The third-order valence-electron chi connectivity index (χ3n) is 5.79. The molecule has 0 radical (unpaired) electrons. The van der Waals surface area contributed by atoms with Crippen LogP contribution in [0, 0.1) is 5.41 Å². The Kier molecular flexibility index (Phi) is 5.87. The van der Waals surface area contributed by atoms with Gasteiger partial charge < -0.3 is 19.1 Å². The summed E-state index contributed by atoms with van der Waals surface area (Å²) < 4.78 is 16.2. The van der Waals surface area contributed by atoms with Crippen molar-refractivity contribution in [3.05, 3.63) is 48.0 Å². The van der Waals surface area contributed by atoms with Crippen LogP contribution in [-0.2, 0) is 9.53 Å². The van der Waals surface area contributed by atoms with Gasteiger partial charge in [-0.15, -0.1) is 0 Å². The minimum Gasteiger partial charge on any atom is -0.493 e. The second-order valence-corrected chi connectivity index (χ2v) is 8.41. The van der Waals surface area contributed by atoms with E-state index in [4.69, 9.17) is 19.3 Å². The van der Waals surface area contributed by atoms with Gasteiger partial charge in [0.15, 0.2) is 11.5 Å². The van der Waals surface area contributed by atoms with Gasteiger partial charge in [-0.1, -0.05) is 13.8 Å². The van der Waals surface area contributed by atoms with Crippen molar-refractivity contribution in [1.82, 2.24) is 0 Å². The van der Waals surface area contributed by atoms with Crippen LogP contribution in [0.5, 0.6) is 11.5 Å². The number of rotatable bonds is 5. The summed E-state index contributed by atoms with van der Waals surface area (Å²) in [5.41, 5.74) is 3.05. The fourth-order valence-corrected chi connectivity index (χ4v) is 3.96. The molecular formula is C24H29N3O4. The molecule has 0 aliphatic carbocycles. The normalized spacial score (nSPS) is 18.6. The number of hydrazone groups is 1. The Bertz CT molecular complexity index is 979. The lowest BCUT2D eigenvalue weighted by atomic mass is 9.82. The highest BCUT2D eigenvalue weighted by Crippen LogP contribution is 2.36. The molecule has 2 heterocycles. The SMILES string of the molecule is COc1ccc(C2=NN(c3ccc(N4CCOCC4)cc3)C(=O)C(C)(C)C2)cc1OC. The van der Waals surface area contributed by atoms with Gasteiger partial charge in [-0.05, 0) is 42.5 Å². The maximum Gasteiger partial charge on any atom is 0.253 e. The Balaban J connectivity index is 1.67. The lowest BCUT2D eigenvalue weighted by Gasteiger charge is -2.35. The summed E-state index contributed by atoms with van der Waals surface area (Å²) in [7, 11) is 3.22. The van der Waals surface area contributed by atoms with Crippen LogP contribution in [0.3, 0.4) is 0 Å². The van der Waals surface area contributed by atoms with E-state index in [9.17, 15) is 4.79 Å². The highest BCUT2D eigenvalue weighted by atomic mass is 16.5. The summed E-state index contributed by atoms with van der Waals surface area (Å²) in [5.74, 6) is 1.28. The third kappa shape index (κ3) is 4.23. The van der Waals surface area contributed by atoms with Gasteiger partial charge in [0.2, 0.25) is 0 Å². The fraction of sp³-hybridized carbons (Fsp3) is 0.417. The first-order chi connectivity index (χ1) is 14.9. The summed E-state index contributed by atoms with van der Waals surface area (Å²) in [5, 5.41) is 6.27. The van der Waals surface area contributed by atoms with Gasteiger partial charge in [0, 0.05) is 30.8 Å². The van der Waals surface area contributed by atoms with Crippen LogP contribution in [0.4, 0.5) is 11.4 Å². The third-order valence-corrected chi connectivity index (χ3v) is 5.79. The van der Waals surface area contributed by atoms with Crippen LogP contribution in [0.25, 0.3) is 0 Å².